The molecule has 0 aliphatic rings. The molecule has 13 heavy (non-hydrogen) atoms. The second kappa shape index (κ2) is 16.8. The Morgan fingerprint density at radius 2 is 1.15 bits per heavy atom. The SMILES string of the molecule is CC(=O)O.O=[N+]([O-])O.O=[N+]([O-])O.[Zn]. The summed E-state index contributed by atoms with van der Waals surface area (Å²) in [6, 6.07) is 0. The smallest absolute Gasteiger partial charge is 0.300 e. The summed E-state index contributed by atoms with van der Waals surface area (Å²) >= 11 is 0. The van der Waals surface area contributed by atoms with E-state index in [1.54, 1.807) is 0 Å². The van der Waals surface area contributed by atoms with Gasteiger partial charge < -0.3 is 15.5 Å². The molecular weight excluding hydrogens is 245 g/mol. The molecule has 0 atom stereocenters. The summed E-state index contributed by atoms with van der Waals surface area (Å²) in [6.07, 6.45) is 0. The van der Waals surface area contributed by atoms with Crippen LogP contribution in [-0.4, -0.2) is 31.7 Å². The van der Waals surface area contributed by atoms with Crippen molar-refractivity contribution in [3.05, 3.63) is 20.2 Å². The fourth-order valence-corrected chi connectivity index (χ4v) is 0. The molecule has 0 saturated heterocycles. The Kier molecular flexibility index (Phi) is 29.2. The van der Waals surface area contributed by atoms with Crippen LogP contribution in [0.2, 0.25) is 0 Å². The molecule has 0 aliphatic carbocycles. The number of carbonyl (C=O) groups is 1. The zero-order chi connectivity index (χ0) is 10.7. The molecule has 0 bridgehead atoms. The Morgan fingerprint density at radius 1 is 1.15 bits per heavy atom. The van der Waals surface area contributed by atoms with E-state index in [4.69, 9.17) is 40.5 Å². The number of hydrogen-bond donors (Lipinski definition) is 3. The first-order valence-electron chi connectivity index (χ1n) is 2.06. The standard InChI is InChI=1S/C2H4O2.2HNO3.Zn/c1-2(3)4;2*2-1(3)4;/h1H3,(H,3,4);2*(H,2,3,4);. The maximum atomic E-state index is 9.00. The van der Waals surface area contributed by atoms with Gasteiger partial charge in [-0.05, 0) is 0 Å². The molecule has 0 rings (SSSR count). The molecule has 0 unspecified atom stereocenters. The van der Waals surface area contributed by atoms with Gasteiger partial charge in [0.2, 0.25) is 0 Å². The van der Waals surface area contributed by atoms with E-state index in [0.29, 0.717) is 0 Å². The van der Waals surface area contributed by atoms with Crippen molar-refractivity contribution in [2.24, 2.45) is 0 Å². The van der Waals surface area contributed by atoms with E-state index in [1.165, 1.54) is 0 Å². The molecule has 0 saturated carbocycles. The van der Waals surface area contributed by atoms with E-state index in [-0.39, 0.29) is 19.5 Å². The third kappa shape index (κ3) is 333. The Morgan fingerprint density at radius 3 is 1.15 bits per heavy atom. The second-order valence-corrected chi connectivity index (χ2v) is 0.995. The van der Waals surface area contributed by atoms with E-state index in [0.717, 1.165) is 6.92 Å². The third-order valence-corrected chi connectivity index (χ3v) is 0. The first-order valence-corrected chi connectivity index (χ1v) is 2.06. The van der Waals surface area contributed by atoms with Crippen molar-refractivity contribution in [1.82, 2.24) is 0 Å². The summed E-state index contributed by atoms with van der Waals surface area (Å²) in [4.78, 5) is 25.7. The van der Waals surface area contributed by atoms with Crippen molar-refractivity contribution in [3.8, 4) is 0 Å². The minimum atomic E-state index is -1.50. The molecule has 3 N–H and O–H groups in total. The Hall–Kier alpha value is -1.51. The summed E-state index contributed by atoms with van der Waals surface area (Å²) in [6.45, 7) is 1.08. The zero-order valence-electron chi connectivity index (χ0n) is 6.48. The summed E-state index contributed by atoms with van der Waals surface area (Å²) < 4.78 is 0. The summed E-state index contributed by atoms with van der Waals surface area (Å²) in [5.74, 6) is -0.833. The maximum absolute atomic E-state index is 9.00. The Balaban J connectivity index is -0.0000000450. The topological polar surface area (TPSA) is 164 Å². The molecule has 0 aromatic rings. The van der Waals surface area contributed by atoms with Crippen LogP contribution in [0.5, 0.6) is 0 Å². The van der Waals surface area contributed by atoms with Gasteiger partial charge >= 0.3 is 0 Å². The molecule has 0 radical (unpaired) electrons. The van der Waals surface area contributed by atoms with E-state index < -0.39 is 16.1 Å². The molecule has 0 spiro atoms. The van der Waals surface area contributed by atoms with Gasteiger partial charge in [-0.25, -0.2) is 0 Å². The normalized spacial score (nSPS) is 5.62. The monoisotopic (exact) mass is 250 g/mol. The molecule has 0 fully saturated rings. The molecule has 11 heteroatoms. The Labute approximate surface area is 83.8 Å². The van der Waals surface area contributed by atoms with Gasteiger partial charge in [0, 0.05) is 26.4 Å². The van der Waals surface area contributed by atoms with Gasteiger partial charge in [0.25, 0.3) is 16.1 Å². The van der Waals surface area contributed by atoms with E-state index in [2.05, 4.69) is 0 Å². The van der Waals surface area contributed by atoms with Gasteiger partial charge in [0.05, 0.1) is 0 Å². The van der Waals surface area contributed by atoms with Crippen LogP contribution in [0, 0.1) is 20.2 Å². The van der Waals surface area contributed by atoms with Crippen molar-refractivity contribution in [2.45, 2.75) is 6.92 Å². The molecule has 10 nitrogen and oxygen atoms in total. The van der Waals surface area contributed by atoms with Crippen LogP contribution in [0.4, 0.5) is 0 Å². The molecule has 74 valence electrons. The van der Waals surface area contributed by atoms with Crippen LogP contribution in [0.3, 0.4) is 0 Å². The number of carboxylic acid groups (broad SMARTS) is 1. The minimum absolute atomic E-state index is 0. The van der Waals surface area contributed by atoms with Crippen LogP contribution in [0.1, 0.15) is 6.92 Å². The van der Waals surface area contributed by atoms with Crippen LogP contribution in [0.15, 0.2) is 0 Å². The van der Waals surface area contributed by atoms with Gasteiger partial charge in [-0.15, -0.1) is 20.2 Å². The maximum Gasteiger partial charge on any atom is 0.300 e. The predicted molar refractivity (Wildman–Crippen MR) is 30.9 cm³/mol. The molecule has 0 heterocycles. The van der Waals surface area contributed by atoms with E-state index in [9.17, 15) is 0 Å². The van der Waals surface area contributed by atoms with Gasteiger partial charge in [0.15, 0.2) is 0 Å². The van der Waals surface area contributed by atoms with Crippen LogP contribution in [-0.2, 0) is 24.3 Å². The van der Waals surface area contributed by atoms with E-state index in [1.807, 2.05) is 0 Å². The number of aliphatic carboxylic acids is 1. The van der Waals surface area contributed by atoms with Crippen molar-refractivity contribution in [1.29, 1.82) is 0 Å². The van der Waals surface area contributed by atoms with Crippen LogP contribution < -0.4 is 0 Å². The Bertz CT molecular complexity index is 118. The van der Waals surface area contributed by atoms with Gasteiger partial charge in [-0.2, -0.15) is 0 Å². The van der Waals surface area contributed by atoms with Crippen molar-refractivity contribution in [2.75, 3.05) is 0 Å². The van der Waals surface area contributed by atoms with Crippen LogP contribution in [0.25, 0.3) is 0 Å². The zero-order valence-corrected chi connectivity index (χ0v) is 9.45. The van der Waals surface area contributed by atoms with Gasteiger partial charge in [-0.3, -0.25) is 4.79 Å². The first-order chi connectivity index (χ1) is 5.20. The molecule has 0 aliphatic heterocycles. The second-order valence-electron chi connectivity index (χ2n) is 0.995. The molecule has 0 aromatic carbocycles. The van der Waals surface area contributed by atoms with Gasteiger partial charge in [-0.1, -0.05) is 0 Å². The predicted octanol–water partition coefficient (Wildman–Crippen LogP) is -0.607. The van der Waals surface area contributed by atoms with Crippen molar-refractivity contribution < 1.29 is 50.0 Å². The largest absolute Gasteiger partial charge is 0.481 e. The van der Waals surface area contributed by atoms with Crippen LogP contribution >= 0.6 is 0 Å². The summed E-state index contributed by atoms with van der Waals surface area (Å²) in [5.41, 5.74) is 0. The number of carboxylic acids is 1. The van der Waals surface area contributed by atoms with E-state index >= 15 is 0 Å². The average Bonchev–Trinajstić information content (AvgIpc) is 1.54. The number of rotatable bonds is 0. The fourth-order valence-electron chi connectivity index (χ4n) is 0. The quantitative estimate of drug-likeness (QED) is 0.291. The summed E-state index contributed by atoms with van der Waals surface area (Å²) in [5, 5.41) is 34.7. The fraction of sp³-hybridized carbons (Fsp3) is 0.500. The number of hydrogen-bond acceptors (Lipinski definition) is 5. The third-order valence-electron chi connectivity index (χ3n) is 0. The summed E-state index contributed by atoms with van der Waals surface area (Å²) in [7, 11) is 0. The molecular formula is C2H6N2O8Zn. The number of nitrogens with zero attached hydrogens (tertiary/aromatic N) is 2. The first kappa shape index (κ1) is 22.5. The van der Waals surface area contributed by atoms with Gasteiger partial charge in [0.1, 0.15) is 0 Å². The molecule has 0 aromatic heterocycles. The molecule has 0 amide bonds. The van der Waals surface area contributed by atoms with Crippen molar-refractivity contribution in [3.63, 3.8) is 0 Å². The van der Waals surface area contributed by atoms with Crippen molar-refractivity contribution >= 4 is 5.97 Å². The minimum Gasteiger partial charge on any atom is -0.481 e. The average molecular weight is 251 g/mol.